The van der Waals surface area contributed by atoms with Gasteiger partial charge in [-0.1, -0.05) is 13.8 Å². The van der Waals surface area contributed by atoms with Crippen LogP contribution in [-0.4, -0.2) is 11.8 Å². The van der Waals surface area contributed by atoms with Crippen LogP contribution in [0.25, 0.3) is 0 Å². The number of rotatable bonds is 1. The molecule has 0 aromatic carbocycles. The number of hydrogen-bond acceptors (Lipinski definition) is 2. The van der Waals surface area contributed by atoms with Crippen LogP contribution in [0.3, 0.4) is 0 Å². The Morgan fingerprint density at radius 3 is 2.55 bits per heavy atom. The predicted octanol–water partition coefficient (Wildman–Crippen LogP) is 1.34. The lowest BCUT2D eigenvalue weighted by Gasteiger charge is -2.27. The maximum absolute atomic E-state index is 11.4. The molecule has 0 unspecified atom stereocenters. The molecule has 0 aliphatic heterocycles. The van der Waals surface area contributed by atoms with E-state index in [-0.39, 0.29) is 12.0 Å². The predicted molar refractivity (Wildman–Crippen MR) is 45.2 cm³/mol. The largest absolute Gasteiger partial charge is 0.327 e. The maximum atomic E-state index is 11.4. The van der Waals surface area contributed by atoms with Gasteiger partial charge in [0, 0.05) is 18.4 Å². The summed E-state index contributed by atoms with van der Waals surface area (Å²) >= 11 is 0. The summed E-state index contributed by atoms with van der Waals surface area (Å²) in [6.07, 6.45) is 2.62. The first-order valence-electron chi connectivity index (χ1n) is 4.39. The van der Waals surface area contributed by atoms with E-state index in [4.69, 9.17) is 5.73 Å². The fourth-order valence-electron chi connectivity index (χ4n) is 1.77. The molecule has 0 amide bonds. The van der Waals surface area contributed by atoms with Crippen LogP contribution < -0.4 is 5.73 Å². The molecule has 0 saturated heterocycles. The molecule has 0 bridgehead atoms. The highest BCUT2D eigenvalue weighted by Crippen LogP contribution is 2.25. The van der Waals surface area contributed by atoms with Crippen LogP contribution in [0.4, 0.5) is 0 Å². The van der Waals surface area contributed by atoms with Crippen LogP contribution in [0, 0.1) is 11.8 Å². The molecule has 2 atom stereocenters. The smallest absolute Gasteiger partial charge is 0.137 e. The Kier molecular flexibility index (Phi) is 2.66. The third kappa shape index (κ3) is 2.03. The van der Waals surface area contributed by atoms with Crippen LogP contribution in [0.1, 0.15) is 33.1 Å². The molecule has 1 rings (SSSR count). The molecule has 0 radical (unpaired) electrons. The Morgan fingerprint density at radius 1 is 1.45 bits per heavy atom. The molecular weight excluding hydrogens is 138 g/mol. The number of ketones is 1. The molecule has 0 spiro atoms. The van der Waals surface area contributed by atoms with Crippen molar-refractivity contribution in [2.24, 2.45) is 17.6 Å². The molecular formula is C9H17NO. The lowest BCUT2D eigenvalue weighted by molar-refractivity contribution is -0.126. The first-order valence-corrected chi connectivity index (χ1v) is 4.39. The minimum atomic E-state index is 0.137. The average molecular weight is 155 g/mol. The van der Waals surface area contributed by atoms with Crippen molar-refractivity contribution >= 4 is 5.78 Å². The summed E-state index contributed by atoms with van der Waals surface area (Å²) in [6.45, 7) is 4.22. The Labute approximate surface area is 68.2 Å². The van der Waals surface area contributed by atoms with Gasteiger partial charge in [0.15, 0.2) is 0 Å². The van der Waals surface area contributed by atoms with Gasteiger partial charge in [0.05, 0.1) is 0 Å². The lowest BCUT2D eigenvalue weighted by atomic mass is 9.79. The molecule has 0 aromatic heterocycles. The number of carbonyl (C=O) groups is 1. The first kappa shape index (κ1) is 8.72. The fraction of sp³-hybridized carbons (Fsp3) is 0.889. The molecule has 0 heterocycles. The minimum Gasteiger partial charge on any atom is -0.327 e. The van der Waals surface area contributed by atoms with Crippen LogP contribution in [0.2, 0.25) is 0 Å². The lowest BCUT2D eigenvalue weighted by Crippen LogP contribution is -2.35. The summed E-state index contributed by atoms with van der Waals surface area (Å²) in [5.41, 5.74) is 5.67. The molecule has 2 N–H and O–H groups in total. The van der Waals surface area contributed by atoms with E-state index >= 15 is 0 Å². The van der Waals surface area contributed by atoms with E-state index in [1.165, 1.54) is 0 Å². The minimum absolute atomic E-state index is 0.137. The molecule has 64 valence electrons. The van der Waals surface area contributed by atoms with E-state index in [2.05, 4.69) is 13.8 Å². The van der Waals surface area contributed by atoms with E-state index in [0.717, 1.165) is 12.8 Å². The van der Waals surface area contributed by atoms with Crippen LogP contribution in [0.15, 0.2) is 0 Å². The summed E-state index contributed by atoms with van der Waals surface area (Å²) in [6, 6.07) is 0.137. The van der Waals surface area contributed by atoms with Crippen molar-refractivity contribution < 1.29 is 4.79 Å². The van der Waals surface area contributed by atoms with Crippen molar-refractivity contribution in [2.75, 3.05) is 0 Å². The van der Waals surface area contributed by atoms with Gasteiger partial charge in [-0.2, -0.15) is 0 Å². The van der Waals surface area contributed by atoms with E-state index in [1.807, 2.05) is 0 Å². The monoisotopic (exact) mass is 155 g/mol. The molecule has 1 fully saturated rings. The summed E-state index contributed by atoms with van der Waals surface area (Å²) in [7, 11) is 0. The van der Waals surface area contributed by atoms with E-state index < -0.39 is 0 Å². The summed E-state index contributed by atoms with van der Waals surface area (Å²) in [5.74, 6) is 1.16. The second kappa shape index (κ2) is 3.35. The molecule has 11 heavy (non-hydrogen) atoms. The zero-order valence-corrected chi connectivity index (χ0v) is 7.34. The molecule has 1 aliphatic carbocycles. The van der Waals surface area contributed by atoms with E-state index in [1.54, 1.807) is 0 Å². The number of Topliss-reactive ketones (excluding diaryl/α,β-unsaturated/α-hetero) is 1. The molecule has 0 aromatic rings. The SMILES string of the molecule is CC(C)[C@H]1CC[C@H](N)CC1=O. The Hall–Kier alpha value is -0.370. The van der Waals surface area contributed by atoms with E-state index in [0.29, 0.717) is 18.1 Å². The second-order valence-corrected chi connectivity index (χ2v) is 3.86. The van der Waals surface area contributed by atoms with Gasteiger partial charge in [-0.3, -0.25) is 4.79 Å². The van der Waals surface area contributed by atoms with Crippen molar-refractivity contribution in [1.29, 1.82) is 0 Å². The summed E-state index contributed by atoms with van der Waals surface area (Å²) in [4.78, 5) is 11.4. The van der Waals surface area contributed by atoms with Crippen molar-refractivity contribution in [3.8, 4) is 0 Å². The summed E-state index contributed by atoms with van der Waals surface area (Å²) < 4.78 is 0. The third-order valence-corrected chi connectivity index (χ3v) is 2.53. The maximum Gasteiger partial charge on any atom is 0.137 e. The van der Waals surface area contributed by atoms with Crippen LogP contribution >= 0.6 is 0 Å². The zero-order valence-electron chi connectivity index (χ0n) is 7.34. The quantitative estimate of drug-likeness (QED) is 0.621. The third-order valence-electron chi connectivity index (χ3n) is 2.53. The van der Waals surface area contributed by atoms with Crippen LogP contribution in [-0.2, 0) is 4.79 Å². The highest BCUT2D eigenvalue weighted by Gasteiger charge is 2.28. The molecule has 1 aliphatic rings. The number of carbonyl (C=O) groups excluding carboxylic acids is 1. The van der Waals surface area contributed by atoms with Gasteiger partial charge in [-0.05, 0) is 18.8 Å². The number of hydrogen-bond donors (Lipinski definition) is 1. The molecule has 2 heteroatoms. The van der Waals surface area contributed by atoms with Gasteiger partial charge >= 0.3 is 0 Å². The van der Waals surface area contributed by atoms with Crippen molar-refractivity contribution in [2.45, 2.75) is 39.2 Å². The second-order valence-electron chi connectivity index (χ2n) is 3.86. The normalized spacial score (nSPS) is 32.9. The van der Waals surface area contributed by atoms with Gasteiger partial charge in [-0.25, -0.2) is 0 Å². The van der Waals surface area contributed by atoms with Gasteiger partial charge in [0.1, 0.15) is 5.78 Å². The van der Waals surface area contributed by atoms with Gasteiger partial charge < -0.3 is 5.73 Å². The van der Waals surface area contributed by atoms with Crippen molar-refractivity contribution in [1.82, 2.24) is 0 Å². The van der Waals surface area contributed by atoms with Gasteiger partial charge in [0.2, 0.25) is 0 Å². The fourth-order valence-corrected chi connectivity index (χ4v) is 1.77. The standard InChI is InChI=1S/C9H17NO/c1-6(2)8-4-3-7(10)5-9(8)11/h6-8H,3-5,10H2,1-2H3/t7-,8+/m0/s1. The topological polar surface area (TPSA) is 43.1 Å². The van der Waals surface area contributed by atoms with Crippen LogP contribution in [0.5, 0.6) is 0 Å². The van der Waals surface area contributed by atoms with Crippen molar-refractivity contribution in [3.05, 3.63) is 0 Å². The van der Waals surface area contributed by atoms with Gasteiger partial charge in [-0.15, -0.1) is 0 Å². The zero-order chi connectivity index (χ0) is 8.43. The highest BCUT2D eigenvalue weighted by molar-refractivity contribution is 5.82. The Bertz CT molecular complexity index is 154. The Morgan fingerprint density at radius 2 is 2.09 bits per heavy atom. The van der Waals surface area contributed by atoms with Crippen molar-refractivity contribution in [3.63, 3.8) is 0 Å². The Balaban J connectivity index is 2.51. The van der Waals surface area contributed by atoms with Gasteiger partial charge in [0.25, 0.3) is 0 Å². The van der Waals surface area contributed by atoms with E-state index in [9.17, 15) is 4.79 Å². The molecule has 1 saturated carbocycles. The highest BCUT2D eigenvalue weighted by atomic mass is 16.1. The molecule has 2 nitrogen and oxygen atoms in total. The number of nitrogens with two attached hydrogens (primary N) is 1. The average Bonchev–Trinajstić information content (AvgIpc) is 1.85. The summed E-state index contributed by atoms with van der Waals surface area (Å²) in [5, 5.41) is 0. The first-order chi connectivity index (χ1) is 5.11.